The van der Waals surface area contributed by atoms with Gasteiger partial charge in [-0.3, -0.25) is 4.79 Å². The van der Waals surface area contributed by atoms with Crippen LogP contribution in [-0.2, 0) is 11.2 Å². The first-order chi connectivity index (χ1) is 12.8. The third kappa shape index (κ3) is 3.58. The van der Waals surface area contributed by atoms with E-state index in [1.54, 1.807) is 11.3 Å². The zero-order valence-electron chi connectivity index (χ0n) is 14.4. The van der Waals surface area contributed by atoms with Crippen LogP contribution in [-0.4, -0.2) is 22.0 Å². The number of nitrogens with one attached hydrogen (secondary N) is 2. The molecule has 0 radical (unpaired) electrons. The molecule has 0 saturated carbocycles. The van der Waals surface area contributed by atoms with Crippen molar-refractivity contribution in [2.24, 2.45) is 0 Å². The first-order valence-electron chi connectivity index (χ1n) is 8.77. The Labute approximate surface area is 156 Å². The quantitative estimate of drug-likeness (QED) is 0.503. The molecule has 4 aromatic rings. The molecule has 0 saturated heterocycles. The summed E-state index contributed by atoms with van der Waals surface area (Å²) in [6.07, 6.45) is 7.33. The van der Waals surface area contributed by atoms with E-state index in [2.05, 4.69) is 43.8 Å². The van der Waals surface area contributed by atoms with Crippen molar-refractivity contribution in [3.8, 4) is 0 Å². The molecule has 0 spiro atoms. The molecule has 3 heterocycles. The van der Waals surface area contributed by atoms with Crippen LogP contribution >= 0.6 is 11.3 Å². The molecular weight excluding hydrogens is 342 g/mol. The van der Waals surface area contributed by atoms with Crippen LogP contribution < -0.4 is 5.32 Å². The number of hydrogen-bond acceptors (Lipinski definition) is 2. The smallest absolute Gasteiger partial charge is 0.222 e. The summed E-state index contributed by atoms with van der Waals surface area (Å²) >= 11 is 1.66. The van der Waals surface area contributed by atoms with Gasteiger partial charge in [0.1, 0.15) is 0 Å². The average molecular weight is 363 g/mol. The molecule has 0 bridgehead atoms. The lowest BCUT2D eigenvalue weighted by molar-refractivity contribution is -0.121. The number of benzene rings is 1. The minimum atomic E-state index is 0.0457. The highest BCUT2D eigenvalue weighted by molar-refractivity contribution is 7.08. The first kappa shape index (κ1) is 16.7. The third-order valence-corrected chi connectivity index (χ3v) is 5.39. The van der Waals surface area contributed by atoms with E-state index in [0.29, 0.717) is 13.0 Å². The maximum absolute atomic E-state index is 12.5. The Morgan fingerprint density at radius 2 is 2.00 bits per heavy atom. The van der Waals surface area contributed by atoms with Gasteiger partial charge in [0.15, 0.2) is 0 Å². The first-order valence-corrected chi connectivity index (χ1v) is 9.72. The zero-order valence-corrected chi connectivity index (χ0v) is 15.2. The van der Waals surface area contributed by atoms with E-state index >= 15 is 0 Å². The van der Waals surface area contributed by atoms with Crippen LogP contribution in [0, 0.1) is 0 Å². The zero-order chi connectivity index (χ0) is 17.8. The standard InChI is InChI=1S/C21H21N3OS/c25-21(13-20(17-8-12-26-15-17)24-10-3-4-11-24)22-9-7-16-14-23-19-6-2-1-5-18(16)19/h1-6,8,10-12,14-15,20,23H,7,9,13H2,(H,22,25)/t20-/m0/s1. The number of aromatic amines is 1. The number of H-pyrrole nitrogens is 1. The highest BCUT2D eigenvalue weighted by Gasteiger charge is 2.17. The van der Waals surface area contributed by atoms with Crippen molar-refractivity contribution < 1.29 is 4.79 Å². The lowest BCUT2D eigenvalue weighted by Gasteiger charge is -2.18. The molecular formula is C21H21N3OS. The van der Waals surface area contributed by atoms with Gasteiger partial charge in [-0.05, 0) is 52.6 Å². The molecule has 0 aliphatic carbocycles. The SMILES string of the molecule is O=C(C[C@@H](c1ccsc1)n1cccc1)NCCc1c[nH]c2ccccc12. The lowest BCUT2D eigenvalue weighted by atomic mass is 10.1. The number of carbonyl (C=O) groups is 1. The van der Waals surface area contributed by atoms with Gasteiger partial charge in [-0.15, -0.1) is 0 Å². The summed E-state index contributed by atoms with van der Waals surface area (Å²) in [7, 11) is 0. The van der Waals surface area contributed by atoms with Crippen LogP contribution in [0.1, 0.15) is 23.6 Å². The minimum Gasteiger partial charge on any atom is -0.361 e. The Morgan fingerprint density at radius 1 is 1.15 bits per heavy atom. The third-order valence-electron chi connectivity index (χ3n) is 4.69. The summed E-state index contributed by atoms with van der Waals surface area (Å²) in [4.78, 5) is 15.8. The van der Waals surface area contributed by atoms with Gasteiger partial charge in [-0.1, -0.05) is 18.2 Å². The van der Waals surface area contributed by atoms with Gasteiger partial charge in [0.05, 0.1) is 12.5 Å². The van der Waals surface area contributed by atoms with E-state index < -0.39 is 0 Å². The predicted molar refractivity (Wildman–Crippen MR) is 107 cm³/mol. The van der Waals surface area contributed by atoms with Crippen LogP contribution in [0.5, 0.6) is 0 Å². The molecule has 0 aliphatic heterocycles. The second kappa shape index (κ2) is 7.62. The van der Waals surface area contributed by atoms with Crippen LogP contribution in [0.2, 0.25) is 0 Å². The van der Waals surface area contributed by atoms with E-state index in [1.165, 1.54) is 16.5 Å². The van der Waals surface area contributed by atoms with Gasteiger partial charge >= 0.3 is 0 Å². The number of fused-ring (bicyclic) bond motifs is 1. The normalized spacial score (nSPS) is 12.3. The largest absolute Gasteiger partial charge is 0.361 e. The average Bonchev–Trinajstić information content (AvgIpc) is 3.41. The van der Waals surface area contributed by atoms with Gasteiger partial charge in [0.2, 0.25) is 5.91 Å². The number of hydrogen-bond donors (Lipinski definition) is 2. The highest BCUT2D eigenvalue weighted by Crippen LogP contribution is 2.24. The molecule has 0 unspecified atom stereocenters. The number of aromatic nitrogens is 2. The van der Waals surface area contributed by atoms with Gasteiger partial charge < -0.3 is 14.9 Å². The molecule has 2 N–H and O–H groups in total. The molecule has 5 heteroatoms. The van der Waals surface area contributed by atoms with Crippen molar-refractivity contribution in [2.45, 2.75) is 18.9 Å². The van der Waals surface area contributed by atoms with Crippen molar-refractivity contribution in [3.05, 3.63) is 82.9 Å². The van der Waals surface area contributed by atoms with Crippen molar-refractivity contribution in [1.82, 2.24) is 14.9 Å². The predicted octanol–water partition coefficient (Wildman–Crippen LogP) is 4.37. The monoisotopic (exact) mass is 363 g/mol. The van der Waals surface area contributed by atoms with Gasteiger partial charge in [0.25, 0.3) is 0 Å². The number of thiophene rings is 1. The van der Waals surface area contributed by atoms with Gasteiger partial charge in [-0.2, -0.15) is 11.3 Å². The van der Waals surface area contributed by atoms with Gasteiger partial charge in [0, 0.05) is 36.0 Å². The Balaban J connectivity index is 1.37. The summed E-state index contributed by atoms with van der Waals surface area (Å²) in [6, 6.07) is 14.4. The molecule has 132 valence electrons. The maximum atomic E-state index is 12.5. The lowest BCUT2D eigenvalue weighted by Crippen LogP contribution is -2.28. The van der Waals surface area contributed by atoms with Gasteiger partial charge in [-0.25, -0.2) is 0 Å². The van der Waals surface area contributed by atoms with E-state index in [1.807, 2.05) is 42.9 Å². The number of nitrogens with zero attached hydrogens (tertiary/aromatic N) is 1. The topological polar surface area (TPSA) is 49.8 Å². The van der Waals surface area contributed by atoms with Crippen molar-refractivity contribution in [2.75, 3.05) is 6.54 Å². The molecule has 1 aromatic carbocycles. The number of amides is 1. The van der Waals surface area contributed by atoms with Crippen LogP contribution in [0.3, 0.4) is 0 Å². The highest BCUT2D eigenvalue weighted by atomic mass is 32.1. The van der Waals surface area contributed by atoms with E-state index in [-0.39, 0.29) is 11.9 Å². The molecule has 3 aromatic heterocycles. The van der Waals surface area contributed by atoms with Crippen molar-refractivity contribution >= 4 is 28.1 Å². The molecule has 0 fully saturated rings. The fourth-order valence-electron chi connectivity index (χ4n) is 3.34. The maximum Gasteiger partial charge on any atom is 0.222 e. The van der Waals surface area contributed by atoms with E-state index in [4.69, 9.17) is 0 Å². The molecule has 26 heavy (non-hydrogen) atoms. The Bertz CT molecular complexity index is 936. The fraction of sp³-hybridized carbons (Fsp3) is 0.190. The number of rotatable bonds is 7. The summed E-state index contributed by atoms with van der Waals surface area (Å²) < 4.78 is 2.10. The van der Waals surface area contributed by atoms with E-state index in [9.17, 15) is 4.79 Å². The molecule has 1 amide bonds. The number of carbonyl (C=O) groups excluding carboxylic acids is 1. The second-order valence-electron chi connectivity index (χ2n) is 6.37. The van der Waals surface area contributed by atoms with Crippen molar-refractivity contribution in [3.63, 3.8) is 0 Å². The summed E-state index contributed by atoms with van der Waals surface area (Å²) in [6.45, 7) is 0.642. The van der Waals surface area contributed by atoms with Crippen LogP contribution in [0.4, 0.5) is 0 Å². The fourth-order valence-corrected chi connectivity index (χ4v) is 4.05. The Kier molecular flexibility index (Phi) is 4.88. The summed E-state index contributed by atoms with van der Waals surface area (Å²) in [5, 5.41) is 8.48. The second-order valence-corrected chi connectivity index (χ2v) is 7.15. The molecule has 4 rings (SSSR count). The summed E-state index contributed by atoms with van der Waals surface area (Å²) in [5.74, 6) is 0.0785. The van der Waals surface area contributed by atoms with E-state index in [0.717, 1.165) is 11.9 Å². The molecule has 0 aliphatic rings. The summed E-state index contributed by atoms with van der Waals surface area (Å²) in [5.41, 5.74) is 3.55. The molecule has 1 atom stereocenters. The Morgan fingerprint density at radius 3 is 2.81 bits per heavy atom. The molecule has 4 nitrogen and oxygen atoms in total. The Hall–Kier alpha value is -2.79. The van der Waals surface area contributed by atoms with Crippen LogP contribution in [0.25, 0.3) is 10.9 Å². The van der Waals surface area contributed by atoms with Crippen LogP contribution in [0.15, 0.2) is 71.8 Å². The number of para-hydroxylation sites is 1. The van der Waals surface area contributed by atoms with Crippen molar-refractivity contribution in [1.29, 1.82) is 0 Å². The minimum absolute atomic E-state index is 0.0457.